The lowest BCUT2D eigenvalue weighted by Crippen LogP contribution is -2.28. The highest BCUT2D eigenvalue weighted by Crippen LogP contribution is 2.32. The molecule has 0 spiro atoms. The van der Waals surface area contributed by atoms with E-state index in [1.54, 1.807) is 61.9 Å². The number of methoxy groups -OCH3 is 3. The van der Waals surface area contributed by atoms with Crippen molar-refractivity contribution in [3.05, 3.63) is 70.9 Å². The summed E-state index contributed by atoms with van der Waals surface area (Å²) in [6.07, 6.45) is 2.06. The summed E-state index contributed by atoms with van der Waals surface area (Å²) >= 11 is 1.22. The Balaban J connectivity index is 1.74. The van der Waals surface area contributed by atoms with E-state index < -0.39 is 5.25 Å². The van der Waals surface area contributed by atoms with E-state index >= 15 is 0 Å². The van der Waals surface area contributed by atoms with Crippen molar-refractivity contribution >= 4 is 34.3 Å². The van der Waals surface area contributed by atoms with Crippen molar-refractivity contribution in [1.29, 1.82) is 0 Å². The van der Waals surface area contributed by atoms with Gasteiger partial charge in [0.2, 0.25) is 5.91 Å². The van der Waals surface area contributed by atoms with Crippen LogP contribution in [0.3, 0.4) is 0 Å². The van der Waals surface area contributed by atoms with E-state index in [1.165, 1.54) is 30.5 Å². The van der Waals surface area contributed by atoms with Crippen molar-refractivity contribution < 1.29 is 23.4 Å². The molecule has 0 aliphatic carbocycles. The van der Waals surface area contributed by atoms with Gasteiger partial charge in [0.05, 0.1) is 50.3 Å². The first-order valence-electron chi connectivity index (χ1n) is 11.3. The van der Waals surface area contributed by atoms with Crippen LogP contribution in [0.25, 0.3) is 10.9 Å². The molecule has 0 aliphatic rings. The number of amides is 1. The van der Waals surface area contributed by atoms with Crippen molar-refractivity contribution in [2.75, 3.05) is 26.6 Å². The van der Waals surface area contributed by atoms with Crippen LogP contribution in [0.4, 0.5) is 5.69 Å². The van der Waals surface area contributed by atoms with Crippen molar-refractivity contribution in [3.8, 4) is 17.2 Å². The number of furan rings is 1. The van der Waals surface area contributed by atoms with E-state index in [2.05, 4.69) is 5.32 Å². The van der Waals surface area contributed by atoms with Crippen LogP contribution >= 0.6 is 11.8 Å². The molecule has 9 nitrogen and oxygen atoms in total. The van der Waals surface area contributed by atoms with Gasteiger partial charge in [0.1, 0.15) is 11.5 Å². The molecule has 1 atom stereocenters. The first-order chi connectivity index (χ1) is 17.5. The second kappa shape index (κ2) is 11.2. The SMILES string of the molecule is CC[C@@H](Sc1nc2cc(OC)c(OC)cc2c(=O)n1Cc1ccco1)C(=O)Nc1cccc(OC)c1. The third-order valence-corrected chi connectivity index (χ3v) is 6.92. The maximum Gasteiger partial charge on any atom is 0.262 e. The highest BCUT2D eigenvalue weighted by atomic mass is 32.2. The van der Waals surface area contributed by atoms with E-state index in [-0.39, 0.29) is 18.0 Å². The predicted molar refractivity (Wildman–Crippen MR) is 138 cm³/mol. The lowest BCUT2D eigenvalue weighted by molar-refractivity contribution is -0.115. The summed E-state index contributed by atoms with van der Waals surface area (Å²) in [7, 11) is 4.60. The van der Waals surface area contributed by atoms with E-state index in [0.717, 1.165) is 0 Å². The van der Waals surface area contributed by atoms with E-state index in [0.29, 0.717) is 51.2 Å². The molecule has 4 rings (SSSR count). The van der Waals surface area contributed by atoms with Gasteiger partial charge in [-0.1, -0.05) is 24.8 Å². The molecule has 188 valence electrons. The van der Waals surface area contributed by atoms with Gasteiger partial charge in [0.15, 0.2) is 16.7 Å². The van der Waals surface area contributed by atoms with Gasteiger partial charge in [0, 0.05) is 17.8 Å². The summed E-state index contributed by atoms with van der Waals surface area (Å²) in [6, 6.07) is 14.0. The fourth-order valence-corrected chi connectivity index (χ4v) is 4.70. The summed E-state index contributed by atoms with van der Waals surface area (Å²) < 4.78 is 23.0. The van der Waals surface area contributed by atoms with Crippen LogP contribution in [0, 0.1) is 0 Å². The van der Waals surface area contributed by atoms with Gasteiger partial charge in [-0.3, -0.25) is 14.2 Å². The number of anilines is 1. The smallest absolute Gasteiger partial charge is 0.262 e. The van der Waals surface area contributed by atoms with Crippen molar-refractivity contribution in [3.63, 3.8) is 0 Å². The molecule has 2 aromatic carbocycles. The molecule has 0 bridgehead atoms. The highest BCUT2D eigenvalue weighted by molar-refractivity contribution is 8.00. The van der Waals surface area contributed by atoms with Gasteiger partial charge < -0.3 is 23.9 Å². The second-order valence-corrected chi connectivity index (χ2v) is 9.00. The number of nitrogens with one attached hydrogen (secondary N) is 1. The second-order valence-electron chi connectivity index (χ2n) is 7.83. The Bertz CT molecular complexity index is 1420. The number of carbonyl (C=O) groups excluding carboxylic acids is 1. The van der Waals surface area contributed by atoms with Gasteiger partial charge in [0.25, 0.3) is 5.56 Å². The number of aromatic nitrogens is 2. The Morgan fingerprint density at radius 2 is 1.86 bits per heavy atom. The Morgan fingerprint density at radius 3 is 2.53 bits per heavy atom. The molecule has 0 unspecified atom stereocenters. The van der Waals surface area contributed by atoms with Gasteiger partial charge >= 0.3 is 0 Å². The number of ether oxygens (including phenoxy) is 3. The predicted octanol–water partition coefficient (Wildman–Crippen LogP) is 4.57. The Labute approximate surface area is 212 Å². The molecular weight excluding hydrogens is 482 g/mol. The molecule has 0 radical (unpaired) electrons. The van der Waals surface area contributed by atoms with Crippen LogP contribution < -0.4 is 25.1 Å². The van der Waals surface area contributed by atoms with Crippen LogP contribution in [0.5, 0.6) is 17.2 Å². The average Bonchev–Trinajstić information content (AvgIpc) is 3.41. The molecule has 0 saturated carbocycles. The average molecular weight is 510 g/mol. The number of nitrogens with zero attached hydrogens (tertiary/aromatic N) is 2. The van der Waals surface area contributed by atoms with Crippen LogP contribution in [-0.2, 0) is 11.3 Å². The van der Waals surface area contributed by atoms with Gasteiger partial charge in [-0.05, 0) is 36.8 Å². The van der Waals surface area contributed by atoms with Crippen LogP contribution in [0.2, 0.25) is 0 Å². The molecule has 0 fully saturated rings. The number of hydrogen-bond donors (Lipinski definition) is 1. The lowest BCUT2D eigenvalue weighted by atomic mass is 10.2. The quantitative estimate of drug-likeness (QED) is 0.245. The molecule has 4 aromatic rings. The molecule has 0 aliphatic heterocycles. The van der Waals surface area contributed by atoms with Crippen molar-refractivity contribution in [2.45, 2.75) is 30.3 Å². The first kappa shape index (κ1) is 25.2. The van der Waals surface area contributed by atoms with E-state index in [1.807, 2.05) is 6.92 Å². The minimum atomic E-state index is -0.511. The third kappa shape index (κ3) is 5.33. The standard InChI is InChI=1S/C26H27N3O6S/c1-5-23(24(30)27-16-8-6-9-17(12-16)32-2)36-26-28-20-14-22(34-4)21(33-3)13-19(20)25(31)29(26)15-18-10-7-11-35-18/h6-14,23H,5,15H2,1-4H3,(H,27,30)/t23-/m1/s1. The normalized spacial score (nSPS) is 11.8. The van der Waals surface area contributed by atoms with Crippen LogP contribution in [-0.4, -0.2) is 42.0 Å². The molecule has 1 N–H and O–H groups in total. The summed E-state index contributed by atoms with van der Waals surface area (Å²) in [4.78, 5) is 31.5. The molecule has 1 amide bonds. The topological polar surface area (TPSA) is 105 Å². The zero-order valence-corrected chi connectivity index (χ0v) is 21.3. The Kier molecular flexibility index (Phi) is 7.84. The monoisotopic (exact) mass is 509 g/mol. The molecule has 0 saturated heterocycles. The zero-order chi connectivity index (χ0) is 25.7. The van der Waals surface area contributed by atoms with Crippen molar-refractivity contribution in [2.24, 2.45) is 0 Å². The van der Waals surface area contributed by atoms with Gasteiger partial charge in [-0.25, -0.2) is 4.98 Å². The molecular formula is C26H27N3O6S. The number of benzene rings is 2. The largest absolute Gasteiger partial charge is 0.497 e. The number of rotatable bonds is 10. The summed E-state index contributed by atoms with van der Waals surface area (Å²) in [5, 5.41) is 3.18. The maximum atomic E-state index is 13.6. The number of hydrogen-bond acceptors (Lipinski definition) is 8. The summed E-state index contributed by atoms with van der Waals surface area (Å²) in [5.74, 6) is 1.91. The number of thioether (sulfide) groups is 1. The van der Waals surface area contributed by atoms with Crippen molar-refractivity contribution in [1.82, 2.24) is 9.55 Å². The lowest BCUT2D eigenvalue weighted by Gasteiger charge is -2.18. The van der Waals surface area contributed by atoms with Crippen LogP contribution in [0.15, 0.2) is 69.2 Å². The van der Waals surface area contributed by atoms with Gasteiger partial charge in [-0.15, -0.1) is 0 Å². The summed E-state index contributed by atoms with van der Waals surface area (Å²) in [5.41, 5.74) is 0.788. The van der Waals surface area contributed by atoms with Gasteiger partial charge in [-0.2, -0.15) is 0 Å². The van der Waals surface area contributed by atoms with E-state index in [4.69, 9.17) is 23.6 Å². The van der Waals surface area contributed by atoms with Crippen LogP contribution in [0.1, 0.15) is 19.1 Å². The summed E-state index contributed by atoms with van der Waals surface area (Å²) in [6.45, 7) is 2.08. The number of carbonyl (C=O) groups is 1. The molecule has 2 heterocycles. The molecule has 36 heavy (non-hydrogen) atoms. The Hall–Kier alpha value is -3.92. The number of fused-ring (bicyclic) bond motifs is 1. The highest BCUT2D eigenvalue weighted by Gasteiger charge is 2.23. The Morgan fingerprint density at radius 1 is 1.08 bits per heavy atom. The molecule has 2 aromatic heterocycles. The maximum absolute atomic E-state index is 13.6. The van der Waals surface area contributed by atoms with E-state index in [9.17, 15) is 9.59 Å². The minimum Gasteiger partial charge on any atom is -0.497 e. The third-order valence-electron chi connectivity index (χ3n) is 5.57. The first-order valence-corrected chi connectivity index (χ1v) is 12.2. The molecule has 10 heteroatoms. The fraction of sp³-hybridized carbons (Fsp3) is 0.269. The minimum absolute atomic E-state index is 0.166. The fourth-order valence-electron chi connectivity index (χ4n) is 3.69. The zero-order valence-electron chi connectivity index (χ0n) is 20.4.